The molecule has 0 saturated heterocycles. The molecular weight excluding hydrogens is 398 g/mol. The van der Waals surface area contributed by atoms with Crippen LogP contribution in [-0.2, 0) is 14.3 Å². The molecule has 29 heavy (non-hydrogen) atoms. The van der Waals surface area contributed by atoms with Crippen molar-refractivity contribution in [2.75, 3.05) is 12.4 Å². The average molecular weight is 414 g/mol. The number of esters is 1. The summed E-state index contributed by atoms with van der Waals surface area (Å²) in [6, 6.07) is 14.9. The van der Waals surface area contributed by atoms with Crippen molar-refractivity contribution in [1.82, 2.24) is 5.43 Å². The molecule has 0 aliphatic rings. The SMILES string of the molecule is COC(=O)c1cc(=NNC(=O)CC(=O)Nc2ccccc2Cl)c2ccccc2o1. The van der Waals surface area contributed by atoms with Gasteiger partial charge in [-0.3, -0.25) is 9.59 Å². The Balaban J connectivity index is 1.77. The molecule has 0 radical (unpaired) electrons. The Labute approximate surface area is 170 Å². The highest BCUT2D eigenvalue weighted by atomic mass is 35.5. The predicted molar refractivity (Wildman–Crippen MR) is 106 cm³/mol. The van der Waals surface area contributed by atoms with Crippen LogP contribution in [0.3, 0.4) is 0 Å². The molecule has 148 valence electrons. The zero-order valence-corrected chi connectivity index (χ0v) is 16.0. The van der Waals surface area contributed by atoms with E-state index in [-0.39, 0.29) is 11.1 Å². The van der Waals surface area contributed by atoms with Crippen molar-refractivity contribution in [3.63, 3.8) is 0 Å². The van der Waals surface area contributed by atoms with Gasteiger partial charge >= 0.3 is 5.97 Å². The Hall–Kier alpha value is -3.65. The van der Waals surface area contributed by atoms with Crippen molar-refractivity contribution in [2.45, 2.75) is 6.42 Å². The zero-order valence-electron chi connectivity index (χ0n) is 15.3. The zero-order chi connectivity index (χ0) is 20.8. The Kier molecular flexibility index (Phi) is 6.25. The quantitative estimate of drug-likeness (QED) is 0.379. The topological polar surface area (TPSA) is 110 Å². The van der Waals surface area contributed by atoms with Gasteiger partial charge in [-0.2, -0.15) is 5.10 Å². The largest absolute Gasteiger partial charge is 0.463 e. The summed E-state index contributed by atoms with van der Waals surface area (Å²) in [5.41, 5.74) is 3.10. The number of fused-ring (bicyclic) bond motifs is 1. The number of methoxy groups -OCH3 is 1. The van der Waals surface area contributed by atoms with Crippen LogP contribution in [0, 0.1) is 0 Å². The van der Waals surface area contributed by atoms with Crippen molar-refractivity contribution < 1.29 is 23.5 Å². The highest BCUT2D eigenvalue weighted by Gasteiger charge is 2.13. The van der Waals surface area contributed by atoms with Gasteiger partial charge in [0, 0.05) is 11.5 Å². The third kappa shape index (κ3) is 4.99. The van der Waals surface area contributed by atoms with Gasteiger partial charge < -0.3 is 14.5 Å². The highest BCUT2D eigenvalue weighted by molar-refractivity contribution is 6.33. The van der Waals surface area contributed by atoms with E-state index in [0.717, 1.165) is 0 Å². The first-order chi connectivity index (χ1) is 14.0. The van der Waals surface area contributed by atoms with Gasteiger partial charge in [-0.15, -0.1) is 0 Å². The van der Waals surface area contributed by atoms with E-state index in [1.54, 1.807) is 48.5 Å². The average Bonchev–Trinajstić information content (AvgIpc) is 2.72. The first-order valence-electron chi connectivity index (χ1n) is 8.46. The van der Waals surface area contributed by atoms with Gasteiger partial charge in [0.2, 0.25) is 17.6 Å². The van der Waals surface area contributed by atoms with Crippen molar-refractivity contribution in [3.8, 4) is 0 Å². The number of ether oxygens (including phenoxy) is 1. The number of amides is 2. The van der Waals surface area contributed by atoms with Crippen LogP contribution in [0.4, 0.5) is 5.69 Å². The van der Waals surface area contributed by atoms with Crippen molar-refractivity contribution in [3.05, 3.63) is 70.7 Å². The number of hydrogen-bond acceptors (Lipinski definition) is 6. The first kappa shape index (κ1) is 20.1. The summed E-state index contributed by atoms with van der Waals surface area (Å²) in [7, 11) is 1.23. The van der Waals surface area contributed by atoms with Gasteiger partial charge in [0.1, 0.15) is 12.0 Å². The Bertz CT molecular complexity index is 1160. The van der Waals surface area contributed by atoms with Crippen LogP contribution in [-0.4, -0.2) is 24.9 Å². The summed E-state index contributed by atoms with van der Waals surface area (Å²) in [6.45, 7) is 0. The van der Waals surface area contributed by atoms with Crippen LogP contribution in [0.2, 0.25) is 5.02 Å². The van der Waals surface area contributed by atoms with Gasteiger partial charge in [-0.25, -0.2) is 10.2 Å². The lowest BCUT2D eigenvalue weighted by Gasteiger charge is -2.06. The minimum absolute atomic E-state index is 0.0735. The number of halogens is 1. The second-order valence-corrected chi connectivity index (χ2v) is 6.24. The van der Waals surface area contributed by atoms with Gasteiger partial charge in [0.15, 0.2) is 0 Å². The lowest BCUT2D eigenvalue weighted by atomic mass is 10.2. The van der Waals surface area contributed by atoms with Gasteiger partial charge in [-0.05, 0) is 24.3 Å². The van der Waals surface area contributed by atoms with E-state index in [0.29, 0.717) is 21.7 Å². The van der Waals surface area contributed by atoms with Crippen LogP contribution >= 0.6 is 11.6 Å². The van der Waals surface area contributed by atoms with E-state index in [1.807, 2.05) is 0 Å². The molecule has 3 rings (SSSR count). The minimum atomic E-state index is -0.683. The molecule has 0 aliphatic heterocycles. The van der Waals surface area contributed by atoms with Gasteiger partial charge in [0.05, 0.1) is 23.2 Å². The molecule has 2 aromatic carbocycles. The molecule has 0 unspecified atom stereocenters. The molecule has 1 aromatic heterocycles. The summed E-state index contributed by atoms with van der Waals surface area (Å²) >= 11 is 5.97. The second-order valence-electron chi connectivity index (χ2n) is 5.84. The molecule has 0 atom stereocenters. The molecule has 2 N–H and O–H groups in total. The maximum atomic E-state index is 12.1. The van der Waals surface area contributed by atoms with Crippen LogP contribution in [0.5, 0.6) is 0 Å². The van der Waals surface area contributed by atoms with E-state index < -0.39 is 24.2 Å². The summed E-state index contributed by atoms with van der Waals surface area (Å²) in [4.78, 5) is 35.9. The lowest BCUT2D eigenvalue weighted by Crippen LogP contribution is -2.26. The van der Waals surface area contributed by atoms with Crippen molar-refractivity contribution in [1.29, 1.82) is 0 Å². The fraction of sp³-hybridized carbons (Fsp3) is 0.100. The Morgan fingerprint density at radius 3 is 2.55 bits per heavy atom. The molecular formula is C20H16ClN3O5. The number of carbonyl (C=O) groups excluding carboxylic acids is 3. The van der Waals surface area contributed by atoms with Crippen molar-refractivity contribution >= 4 is 46.0 Å². The second kappa shape index (κ2) is 9.03. The predicted octanol–water partition coefficient (Wildman–Crippen LogP) is 2.83. The lowest BCUT2D eigenvalue weighted by molar-refractivity contribution is -0.126. The fourth-order valence-electron chi connectivity index (χ4n) is 2.48. The molecule has 9 heteroatoms. The summed E-state index contributed by atoms with van der Waals surface area (Å²) in [6.07, 6.45) is -0.465. The fourth-order valence-corrected chi connectivity index (χ4v) is 2.66. The van der Waals surface area contributed by atoms with E-state index in [2.05, 4.69) is 20.6 Å². The number of carbonyl (C=O) groups is 3. The smallest absolute Gasteiger partial charge is 0.374 e. The molecule has 0 aliphatic carbocycles. The van der Waals surface area contributed by atoms with Crippen LogP contribution in [0.25, 0.3) is 11.0 Å². The summed E-state index contributed by atoms with van der Waals surface area (Å²) < 4.78 is 10.1. The number of nitrogens with one attached hydrogen (secondary N) is 2. The maximum Gasteiger partial charge on any atom is 0.374 e. The molecule has 0 saturated carbocycles. The summed E-state index contributed by atoms with van der Waals surface area (Å²) in [5, 5.41) is 7.78. The number of anilines is 1. The standard InChI is InChI=1S/C20H16ClN3O5/c1-28-20(27)17-10-15(12-6-2-5-9-16(12)29-17)23-24-19(26)11-18(25)22-14-8-4-3-7-13(14)21/h2-10H,11H2,1H3,(H,22,25)(H,24,26). The van der Waals surface area contributed by atoms with Crippen LogP contribution in [0.1, 0.15) is 17.0 Å². The number of rotatable bonds is 5. The van der Waals surface area contributed by atoms with E-state index in [4.69, 9.17) is 16.0 Å². The number of hydrogen-bond donors (Lipinski definition) is 2. The van der Waals surface area contributed by atoms with Crippen molar-refractivity contribution in [2.24, 2.45) is 5.10 Å². The third-order valence-corrected chi connectivity index (χ3v) is 4.14. The van der Waals surface area contributed by atoms with E-state index >= 15 is 0 Å². The summed E-state index contributed by atoms with van der Waals surface area (Å²) in [5.74, 6) is -1.94. The first-order valence-corrected chi connectivity index (χ1v) is 8.84. The molecule has 3 aromatic rings. The number of nitrogens with zero attached hydrogens (tertiary/aromatic N) is 1. The maximum absolute atomic E-state index is 12.1. The van der Waals surface area contributed by atoms with Gasteiger partial charge in [0.25, 0.3) is 0 Å². The molecule has 0 fully saturated rings. The Morgan fingerprint density at radius 2 is 1.79 bits per heavy atom. The molecule has 2 amide bonds. The molecule has 0 spiro atoms. The van der Waals surface area contributed by atoms with Gasteiger partial charge in [-0.1, -0.05) is 35.9 Å². The normalized spacial score (nSPS) is 11.2. The monoisotopic (exact) mass is 413 g/mol. The third-order valence-electron chi connectivity index (χ3n) is 3.81. The van der Waals surface area contributed by atoms with Crippen LogP contribution < -0.4 is 16.1 Å². The highest BCUT2D eigenvalue weighted by Crippen LogP contribution is 2.20. The van der Waals surface area contributed by atoms with E-state index in [9.17, 15) is 14.4 Å². The number of para-hydroxylation sites is 2. The van der Waals surface area contributed by atoms with Crippen LogP contribution in [0.15, 0.2) is 64.1 Å². The van der Waals surface area contributed by atoms with E-state index in [1.165, 1.54) is 13.2 Å². The molecule has 8 nitrogen and oxygen atoms in total. The molecule has 1 heterocycles. The molecule has 0 bridgehead atoms. The Morgan fingerprint density at radius 1 is 1.07 bits per heavy atom. The minimum Gasteiger partial charge on any atom is -0.463 e. The number of benzene rings is 2.